The lowest BCUT2D eigenvalue weighted by atomic mass is 9.85. The van der Waals surface area contributed by atoms with Crippen molar-refractivity contribution in [2.75, 3.05) is 27.3 Å². The summed E-state index contributed by atoms with van der Waals surface area (Å²) in [6.07, 6.45) is 3.61. The summed E-state index contributed by atoms with van der Waals surface area (Å²) in [5, 5.41) is 11.9. The molecule has 2 N–H and O–H groups in total. The van der Waals surface area contributed by atoms with Gasteiger partial charge in [-0.25, -0.2) is 4.39 Å². The Morgan fingerprint density at radius 2 is 1.96 bits per heavy atom. The molecule has 1 amide bonds. The first kappa shape index (κ1) is 19.4. The Morgan fingerprint density at radius 3 is 2.52 bits per heavy atom. The fourth-order valence-electron chi connectivity index (χ4n) is 3.52. The van der Waals surface area contributed by atoms with Gasteiger partial charge in [0.2, 0.25) is 0 Å². The van der Waals surface area contributed by atoms with Crippen LogP contribution in [0.2, 0.25) is 0 Å². The molecule has 0 aliphatic heterocycles. The molecule has 1 aromatic rings. The number of hydrogen-bond donors (Lipinski definition) is 2. The molecule has 148 valence electrons. The standard InChI is InChI=1S/C19H25FN2O5/c1-26-15-6-5-14(20)17(18(15)27-2)19(25)21-12-7-13(8-12)22(10-16(23)24)9-11-3-4-11/h5-6,11-13H,3-4,7-10H2,1-2H3,(H,21,25)(H,23,24). The average Bonchev–Trinajstić information content (AvgIpc) is 3.40. The van der Waals surface area contributed by atoms with Crippen molar-refractivity contribution < 1.29 is 28.6 Å². The number of hydrogen-bond acceptors (Lipinski definition) is 5. The van der Waals surface area contributed by atoms with Crippen LogP contribution in [0.5, 0.6) is 11.5 Å². The summed E-state index contributed by atoms with van der Waals surface area (Å²) in [6, 6.07) is 2.59. The van der Waals surface area contributed by atoms with Crippen molar-refractivity contribution in [2.45, 2.75) is 37.8 Å². The lowest BCUT2D eigenvalue weighted by Gasteiger charge is -2.42. The van der Waals surface area contributed by atoms with E-state index in [1.54, 1.807) is 0 Å². The van der Waals surface area contributed by atoms with Crippen LogP contribution >= 0.6 is 0 Å². The van der Waals surface area contributed by atoms with E-state index in [-0.39, 0.29) is 35.7 Å². The van der Waals surface area contributed by atoms with Crippen LogP contribution in [0.1, 0.15) is 36.0 Å². The zero-order valence-corrected chi connectivity index (χ0v) is 15.5. The van der Waals surface area contributed by atoms with E-state index in [1.807, 2.05) is 4.90 Å². The summed E-state index contributed by atoms with van der Waals surface area (Å²) in [5.74, 6) is -1.14. The van der Waals surface area contributed by atoms with Gasteiger partial charge in [-0.3, -0.25) is 14.5 Å². The van der Waals surface area contributed by atoms with Crippen molar-refractivity contribution in [1.29, 1.82) is 0 Å². The number of ether oxygens (including phenoxy) is 2. The highest BCUT2D eigenvalue weighted by molar-refractivity contribution is 5.98. The molecule has 8 heteroatoms. The molecule has 0 bridgehead atoms. The monoisotopic (exact) mass is 380 g/mol. The van der Waals surface area contributed by atoms with Crippen LogP contribution in [0.3, 0.4) is 0 Å². The highest BCUT2D eigenvalue weighted by atomic mass is 19.1. The minimum Gasteiger partial charge on any atom is -0.493 e. The van der Waals surface area contributed by atoms with Crippen LogP contribution in [-0.4, -0.2) is 61.3 Å². The molecule has 0 aromatic heterocycles. The lowest BCUT2D eigenvalue weighted by Crippen LogP contribution is -2.55. The quantitative estimate of drug-likeness (QED) is 0.680. The van der Waals surface area contributed by atoms with Crippen LogP contribution in [0.25, 0.3) is 0 Å². The molecule has 0 spiro atoms. The molecule has 3 rings (SSSR count). The zero-order valence-electron chi connectivity index (χ0n) is 15.5. The van der Waals surface area contributed by atoms with E-state index in [1.165, 1.54) is 26.4 Å². The molecule has 2 saturated carbocycles. The number of aliphatic carboxylic acids is 1. The molecule has 2 fully saturated rings. The summed E-state index contributed by atoms with van der Waals surface area (Å²) in [5.41, 5.74) is -0.180. The van der Waals surface area contributed by atoms with E-state index in [2.05, 4.69) is 5.32 Å². The van der Waals surface area contributed by atoms with Gasteiger partial charge in [0.15, 0.2) is 11.5 Å². The Morgan fingerprint density at radius 1 is 1.26 bits per heavy atom. The number of halogens is 1. The van der Waals surface area contributed by atoms with Crippen molar-refractivity contribution in [3.63, 3.8) is 0 Å². The number of nitrogens with one attached hydrogen (secondary N) is 1. The molecule has 27 heavy (non-hydrogen) atoms. The molecular formula is C19H25FN2O5. The Balaban J connectivity index is 1.61. The summed E-state index contributed by atoms with van der Waals surface area (Å²) in [7, 11) is 2.78. The highest BCUT2D eigenvalue weighted by Crippen LogP contribution is 2.35. The maximum atomic E-state index is 14.2. The maximum absolute atomic E-state index is 14.2. The number of benzene rings is 1. The number of carboxylic acid groups (broad SMARTS) is 1. The first-order valence-electron chi connectivity index (χ1n) is 9.10. The van der Waals surface area contributed by atoms with Crippen LogP contribution in [-0.2, 0) is 4.79 Å². The van der Waals surface area contributed by atoms with Crippen molar-refractivity contribution in [1.82, 2.24) is 10.2 Å². The minimum atomic E-state index is -0.841. The fourth-order valence-corrected chi connectivity index (χ4v) is 3.52. The Labute approximate surface area is 157 Å². The Bertz CT molecular complexity index is 716. The highest BCUT2D eigenvalue weighted by Gasteiger charge is 2.38. The molecule has 0 saturated heterocycles. The minimum absolute atomic E-state index is 0.0141. The van der Waals surface area contributed by atoms with Crippen LogP contribution in [0.15, 0.2) is 12.1 Å². The molecule has 0 radical (unpaired) electrons. The number of rotatable bonds is 9. The van der Waals surface area contributed by atoms with Gasteiger partial charge < -0.3 is 19.9 Å². The summed E-state index contributed by atoms with van der Waals surface area (Å²) in [4.78, 5) is 25.6. The summed E-state index contributed by atoms with van der Waals surface area (Å²) < 4.78 is 24.5. The van der Waals surface area contributed by atoms with E-state index in [4.69, 9.17) is 14.6 Å². The number of carbonyl (C=O) groups excluding carboxylic acids is 1. The van der Waals surface area contributed by atoms with Gasteiger partial charge in [-0.1, -0.05) is 0 Å². The van der Waals surface area contributed by atoms with E-state index >= 15 is 0 Å². The van der Waals surface area contributed by atoms with Gasteiger partial charge in [0.25, 0.3) is 5.91 Å². The molecule has 7 nitrogen and oxygen atoms in total. The second kappa shape index (κ2) is 8.12. The predicted molar refractivity (Wildman–Crippen MR) is 95.7 cm³/mol. The zero-order chi connectivity index (χ0) is 19.6. The predicted octanol–water partition coefficient (Wildman–Crippen LogP) is 1.90. The smallest absolute Gasteiger partial charge is 0.317 e. The van der Waals surface area contributed by atoms with Crippen molar-refractivity contribution in [2.24, 2.45) is 5.92 Å². The maximum Gasteiger partial charge on any atom is 0.317 e. The topological polar surface area (TPSA) is 88.1 Å². The average molecular weight is 380 g/mol. The van der Waals surface area contributed by atoms with E-state index in [0.717, 1.165) is 19.4 Å². The van der Waals surface area contributed by atoms with E-state index < -0.39 is 17.7 Å². The first-order valence-corrected chi connectivity index (χ1v) is 9.10. The summed E-state index contributed by atoms with van der Waals surface area (Å²) in [6.45, 7) is 0.802. The fraction of sp³-hybridized carbons (Fsp3) is 0.579. The van der Waals surface area contributed by atoms with E-state index in [9.17, 15) is 14.0 Å². The normalized spacial score (nSPS) is 21.5. The van der Waals surface area contributed by atoms with Crippen molar-refractivity contribution in [3.8, 4) is 11.5 Å². The Kier molecular flexibility index (Phi) is 5.84. The molecular weight excluding hydrogens is 355 g/mol. The largest absolute Gasteiger partial charge is 0.493 e. The van der Waals surface area contributed by atoms with Crippen LogP contribution in [0.4, 0.5) is 4.39 Å². The number of carbonyl (C=O) groups is 2. The molecule has 0 atom stereocenters. The third-order valence-corrected chi connectivity index (χ3v) is 5.21. The van der Waals surface area contributed by atoms with Gasteiger partial charge in [-0.05, 0) is 43.7 Å². The third-order valence-electron chi connectivity index (χ3n) is 5.21. The number of carboxylic acids is 1. The van der Waals surface area contributed by atoms with Gasteiger partial charge in [0.05, 0.1) is 20.8 Å². The molecule has 0 unspecified atom stereocenters. The first-order chi connectivity index (χ1) is 12.9. The second-order valence-corrected chi connectivity index (χ2v) is 7.22. The second-order valence-electron chi connectivity index (χ2n) is 7.22. The van der Waals surface area contributed by atoms with Crippen molar-refractivity contribution >= 4 is 11.9 Å². The van der Waals surface area contributed by atoms with Crippen LogP contribution in [0, 0.1) is 11.7 Å². The Hall–Kier alpha value is -2.35. The number of amides is 1. The van der Waals surface area contributed by atoms with Gasteiger partial charge in [-0.2, -0.15) is 0 Å². The third kappa shape index (κ3) is 4.50. The number of nitrogens with zero attached hydrogens (tertiary/aromatic N) is 1. The number of methoxy groups -OCH3 is 2. The summed E-state index contributed by atoms with van der Waals surface area (Å²) >= 11 is 0. The SMILES string of the molecule is COc1ccc(F)c(C(=O)NC2CC(N(CC(=O)O)CC3CC3)C2)c1OC. The molecule has 2 aliphatic carbocycles. The molecule has 0 heterocycles. The van der Waals surface area contributed by atoms with Crippen LogP contribution < -0.4 is 14.8 Å². The van der Waals surface area contributed by atoms with Gasteiger partial charge >= 0.3 is 5.97 Å². The lowest BCUT2D eigenvalue weighted by molar-refractivity contribution is -0.139. The van der Waals surface area contributed by atoms with Gasteiger partial charge in [0.1, 0.15) is 11.4 Å². The molecule has 2 aliphatic rings. The van der Waals surface area contributed by atoms with Crippen molar-refractivity contribution in [3.05, 3.63) is 23.5 Å². The molecule has 1 aromatic carbocycles. The van der Waals surface area contributed by atoms with E-state index in [0.29, 0.717) is 18.8 Å². The van der Waals surface area contributed by atoms with Gasteiger partial charge in [-0.15, -0.1) is 0 Å². The van der Waals surface area contributed by atoms with Gasteiger partial charge in [0, 0.05) is 18.6 Å².